The smallest absolute Gasteiger partial charge is 0.162 e. The molecule has 5 rings (SSSR count). The van der Waals surface area contributed by atoms with Crippen molar-refractivity contribution in [1.82, 2.24) is 24.6 Å². The number of ether oxygens (including phenoxy) is 1. The SMILES string of the molecule is CCN1CCN(C2=NC(c3cc(OC)ccn3)(N3CCN(CC)CC3)Cc3ccccc32)CC1.Cl.Cl. The highest BCUT2D eigenvalue weighted by molar-refractivity contribution is 6.01. The second kappa shape index (κ2) is 12.6. The van der Waals surface area contributed by atoms with Crippen molar-refractivity contribution in [2.45, 2.75) is 25.9 Å². The van der Waals surface area contributed by atoms with Gasteiger partial charge in [0.25, 0.3) is 0 Å². The second-order valence-electron chi connectivity index (χ2n) is 9.51. The molecule has 198 valence electrons. The van der Waals surface area contributed by atoms with Crippen LogP contribution in [0.1, 0.15) is 30.7 Å². The molecule has 1 aromatic heterocycles. The number of benzene rings is 1. The Balaban J connectivity index is 0.00000180. The Morgan fingerprint density at radius 1 is 0.861 bits per heavy atom. The van der Waals surface area contributed by atoms with Crippen molar-refractivity contribution >= 4 is 30.6 Å². The zero-order valence-corrected chi connectivity index (χ0v) is 23.4. The molecule has 0 amide bonds. The summed E-state index contributed by atoms with van der Waals surface area (Å²) in [5, 5.41) is 0. The van der Waals surface area contributed by atoms with Gasteiger partial charge in [0.1, 0.15) is 11.6 Å². The van der Waals surface area contributed by atoms with Crippen molar-refractivity contribution in [1.29, 1.82) is 0 Å². The third kappa shape index (κ3) is 5.50. The molecule has 0 N–H and O–H groups in total. The number of hydrogen-bond donors (Lipinski definition) is 0. The van der Waals surface area contributed by atoms with Gasteiger partial charge in [-0.3, -0.25) is 9.88 Å². The monoisotopic (exact) mass is 534 g/mol. The summed E-state index contributed by atoms with van der Waals surface area (Å²) in [6, 6.07) is 12.9. The summed E-state index contributed by atoms with van der Waals surface area (Å²) in [6.45, 7) is 15.0. The Hall–Kier alpha value is -1.90. The molecule has 2 fully saturated rings. The predicted molar refractivity (Wildman–Crippen MR) is 151 cm³/mol. The minimum absolute atomic E-state index is 0. The van der Waals surface area contributed by atoms with E-state index in [2.05, 4.69) is 63.8 Å². The molecule has 0 radical (unpaired) electrons. The van der Waals surface area contributed by atoms with Gasteiger partial charge in [-0.1, -0.05) is 38.1 Å². The van der Waals surface area contributed by atoms with Crippen molar-refractivity contribution < 1.29 is 4.74 Å². The normalized spacial score (nSPS) is 23.2. The Labute approximate surface area is 228 Å². The first-order valence-electron chi connectivity index (χ1n) is 12.8. The number of aliphatic imine (C=N–C) groups is 1. The summed E-state index contributed by atoms with van der Waals surface area (Å²) in [5.41, 5.74) is 3.09. The van der Waals surface area contributed by atoms with E-state index in [0.29, 0.717) is 0 Å². The first kappa shape index (κ1) is 28.7. The van der Waals surface area contributed by atoms with Gasteiger partial charge in [0, 0.05) is 76.6 Å². The number of pyridine rings is 1. The number of halogens is 2. The molecule has 7 nitrogen and oxygen atoms in total. The van der Waals surface area contributed by atoms with Gasteiger partial charge in [-0.25, -0.2) is 4.99 Å². The molecule has 1 unspecified atom stereocenters. The van der Waals surface area contributed by atoms with Crippen LogP contribution in [0.15, 0.2) is 47.6 Å². The molecule has 3 aliphatic heterocycles. The summed E-state index contributed by atoms with van der Waals surface area (Å²) in [7, 11) is 1.73. The molecule has 2 saturated heterocycles. The van der Waals surface area contributed by atoms with Gasteiger partial charge in [-0.2, -0.15) is 0 Å². The van der Waals surface area contributed by atoms with Crippen molar-refractivity contribution in [2.24, 2.45) is 4.99 Å². The highest BCUT2D eigenvalue weighted by atomic mass is 35.5. The fourth-order valence-corrected chi connectivity index (χ4v) is 5.63. The fourth-order valence-electron chi connectivity index (χ4n) is 5.63. The first-order valence-corrected chi connectivity index (χ1v) is 12.8. The van der Waals surface area contributed by atoms with E-state index in [4.69, 9.17) is 14.7 Å². The van der Waals surface area contributed by atoms with Crippen LogP contribution in [0.4, 0.5) is 0 Å². The Morgan fingerprint density at radius 2 is 1.50 bits per heavy atom. The van der Waals surface area contributed by atoms with Crippen molar-refractivity contribution in [3.05, 3.63) is 59.4 Å². The molecule has 0 bridgehead atoms. The van der Waals surface area contributed by atoms with Crippen LogP contribution in [0.5, 0.6) is 5.75 Å². The van der Waals surface area contributed by atoms with Gasteiger partial charge >= 0.3 is 0 Å². The van der Waals surface area contributed by atoms with E-state index in [1.165, 1.54) is 11.1 Å². The van der Waals surface area contributed by atoms with Gasteiger partial charge in [-0.05, 0) is 24.7 Å². The molecule has 2 aromatic rings. The molecule has 4 heterocycles. The maximum Gasteiger partial charge on any atom is 0.162 e. The van der Waals surface area contributed by atoms with Crippen LogP contribution in [-0.4, -0.2) is 103 Å². The predicted octanol–water partition coefficient (Wildman–Crippen LogP) is 3.36. The summed E-state index contributed by atoms with van der Waals surface area (Å²) in [6.07, 6.45) is 2.70. The lowest BCUT2D eigenvalue weighted by atomic mass is 9.87. The number of hydrogen-bond acceptors (Lipinski definition) is 7. The minimum atomic E-state index is -0.528. The maximum atomic E-state index is 5.66. The minimum Gasteiger partial charge on any atom is -0.497 e. The molecule has 0 aliphatic carbocycles. The molecule has 1 atom stereocenters. The van der Waals surface area contributed by atoms with Crippen LogP contribution >= 0.6 is 24.8 Å². The number of nitrogens with zero attached hydrogens (tertiary/aromatic N) is 6. The number of likely N-dealkylation sites (N-methyl/N-ethyl adjacent to an activating group) is 2. The van der Waals surface area contributed by atoms with E-state index in [1.807, 2.05) is 12.3 Å². The van der Waals surface area contributed by atoms with Crippen LogP contribution < -0.4 is 4.74 Å². The molecule has 0 saturated carbocycles. The number of amidine groups is 1. The lowest BCUT2D eigenvalue weighted by Gasteiger charge is -2.48. The molecular formula is C27H40Cl2N6O. The van der Waals surface area contributed by atoms with Gasteiger partial charge in [0.15, 0.2) is 5.66 Å². The standard InChI is InChI=1S/C27H38N6O.2ClH/c1-4-30-12-16-32(17-13-30)26-24-9-7-6-8-22(24)21-27(29-26,25-20-23(34-3)10-11-28-25)33-18-14-31(5-2)15-19-33;;/h6-11,20H,4-5,12-19,21H2,1-3H3;2*1H. The number of rotatable bonds is 5. The number of fused-ring (bicyclic) bond motifs is 1. The summed E-state index contributed by atoms with van der Waals surface area (Å²) in [5.74, 6) is 1.96. The van der Waals surface area contributed by atoms with E-state index in [0.717, 1.165) is 89.1 Å². The van der Waals surface area contributed by atoms with E-state index in [1.54, 1.807) is 7.11 Å². The Kier molecular flexibility index (Phi) is 10.0. The summed E-state index contributed by atoms with van der Waals surface area (Å²) >= 11 is 0. The Bertz CT molecular complexity index is 1020. The lowest BCUT2D eigenvalue weighted by Crippen LogP contribution is -2.58. The average Bonchev–Trinajstić information content (AvgIpc) is 2.92. The second-order valence-corrected chi connectivity index (χ2v) is 9.51. The van der Waals surface area contributed by atoms with Gasteiger partial charge in [0.2, 0.25) is 0 Å². The number of methoxy groups -OCH3 is 1. The van der Waals surface area contributed by atoms with Crippen molar-refractivity contribution in [3.63, 3.8) is 0 Å². The highest BCUT2D eigenvalue weighted by Gasteiger charge is 2.45. The third-order valence-electron chi connectivity index (χ3n) is 7.83. The zero-order chi connectivity index (χ0) is 23.5. The van der Waals surface area contributed by atoms with E-state index >= 15 is 0 Å². The zero-order valence-electron chi connectivity index (χ0n) is 21.7. The fraction of sp³-hybridized carbons (Fsp3) is 0.556. The van der Waals surface area contributed by atoms with Crippen LogP contribution in [0.2, 0.25) is 0 Å². The van der Waals surface area contributed by atoms with E-state index in [9.17, 15) is 0 Å². The molecule has 9 heteroatoms. The molecule has 1 aromatic carbocycles. The lowest BCUT2D eigenvalue weighted by molar-refractivity contribution is 0.0301. The average molecular weight is 536 g/mol. The van der Waals surface area contributed by atoms with Gasteiger partial charge in [0.05, 0.1) is 12.8 Å². The molecular weight excluding hydrogens is 495 g/mol. The summed E-state index contributed by atoms with van der Waals surface area (Å²) < 4.78 is 5.62. The first-order chi connectivity index (χ1) is 16.7. The highest BCUT2D eigenvalue weighted by Crippen LogP contribution is 2.40. The van der Waals surface area contributed by atoms with Gasteiger partial charge < -0.3 is 19.4 Å². The van der Waals surface area contributed by atoms with Crippen molar-refractivity contribution in [3.8, 4) is 5.75 Å². The largest absolute Gasteiger partial charge is 0.497 e. The van der Waals surface area contributed by atoms with Crippen LogP contribution in [0.25, 0.3) is 0 Å². The number of aromatic nitrogens is 1. The number of piperazine rings is 2. The van der Waals surface area contributed by atoms with Crippen LogP contribution in [0.3, 0.4) is 0 Å². The van der Waals surface area contributed by atoms with E-state index in [-0.39, 0.29) is 24.8 Å². The summed E-state index contributed by atoms with van der Waals surface area (Å²) in [4.78, 5) is 20.7. The quantitative estimate of drug-likeness (QED) is 0.586. The van der Waals surface area contributed by atoms with Crippen LogP contribution in [-0.2, 0) is 12.1 Å². The maximum absolute atomic E-state index is 5.66. The van der Waals surface area contributed by atoms with Crippen molar-refractivity contribution in [2.75, 3.05) is 72.6 Å². The van der Waals surface area contributed by atoms with Gasteiger partial charge in [-0.15, -0.1) is 24.8 Å². The van der Waals surface area contributed by atoms with Crippen LogP contribution in [0, 0.1) is 0 Å². The Morgan fingerprint density at radius 3 is 2.14 bits per heavy atom. The molecule has 36 heavy (non-hydrogen) atoms. The third-order valence-corrected chi connectivity index (χ3v) is 7.83. The topological polar surface area (TPSA) is 47.4 Å². The van der Waals surface area contributed by atoms with E-state index < -0.39 is 5.66 Å². The molecule has 0 spiro atoms. The molecule has 3 aliphatic rings.